The molecule has 2 N–H and O–H groups in total. The number of rotatable bonds is 6. The number of likely N-dealkylation sites (tertiary alicyclic amines) is 1. The van der Waals surface area contributed by atoms with Gasteiger partial charge in [0.15, 0.2) is 0 Å². The number of carbonyl (C=O) groups is 1. The van der Waals surface area contributed by atoms with Crippen molar-refractivity contribution in [2.24, 2.45) is 11.8 Å². The van der Waals surface area contributed by atoms with Gasteiger partial charge in [-0.2, -0.15) is 0 Å². The summed E-state index contributed by atoms with van der Waals surface area (Å²) in [6.07, 6.45) is 4.75. The monoisotopic (exact) mass is 451 g/mol. The molecule has 2 heterocycles. The second-order valence-electron chi connectivity index (χ2n) is 8.13. The lowest BCUT2D eigenvalue weighted by Gasteiger charge is -2.34. The van der Waals surface area contributed by atoms with Crippen LogP contribution in [0.25, 0.3) is 0 Å². The van der Waals surface area contributed by atoms with Gasteiger partial charge in [0.25, 0.3) is 0 Å². The summed E-state index contributed by atoms with van der Waals surface area (Å²) in [4.78, 5) is 14.5. The van der Waals surface area contributed by atoms with Gasteiger partial charge in [0.2, 0.25) is 5.91 Å². The summed E-state index contributed by atoms with van der Waals surface area (Å²) < 4.78 is 27.8. The lowest BCUT2D eigenvalue weighted by atomic mass is 9.85. The van der Waals surface area contributed by atoms with Crippen LogP contribution in [0, 0.1) is 23.5 Å². The zero-order valence-corrected chi connectivity index (χ0v) is 18.6. The van der Waals surface area contributed by atoms with Crippen molar-refractivity contribution >= 4 is 30.7 Å². The molecule has 0 saturated carbocycles. The van der Waals surface area contributed by atoms with Crippen LogP contribution in [0.3, 0.4) is 0 Å². The van der Waals surface area contributed by atoms with Crippen molar-refractivity contribution in [1.82, 2.24) is 15.5 Å². The van der Waals surface area contributed by atoms with Crippen molar-refractivity contribution in [2.75, 3.05) is 26.2 Å². The van der Waals surface area contributed by atoms with Gasteiger partial charge < -0.3 is 10.6 Å². The third-order valence-electron chi connectivity index (χ3n) is 5.96. The Morgan fingerprint density at radius 3 is 2.62 bits per heavy atom. The molecule has 2 aliphatic rings. The van der Waals surface area contributed by atoms with Gasteiger partial charge in [-0.3, -0.25) is 9.69 Å². The van der Waals surface area contributed by atoms with Crippen LogP contribution in [0.4, 0.5) is 8.78 Å². The Labute approximate surface area is 185 Å². The Hall–Kier alpha value is -0.950. The van der Waals surface area contributed by atoms with Gasteiger partial charge >= 0.3 is 0 Å². The molecule has 166 valence electrons. The van der Waals surface area contributed by atoms with Crippen molar-refractivity contribution in [3.8, 4) is 0 Å². The quantitative estimate of drug-likeness (QED) is 0.688. The van der Waals surface area contributed by atoms with Crippen LogP contribution >= 0.6 is 24.8 Å². The second-order valence-corrected chi connectivity index (χ2v) is 8.13. The van der Waals surface area contributed by atoms with E-state index >= 15 is 0 Å². The molecule has 1 aromatic rings. The molecule has 0 spiro atoms. The van der Waals surface area contributed by atoms with Crippen LogP contribution in [-0.2, 0) is 11.3 Å². The molecule has 2 aliphatic heterocycles. The number of carbonyl (C=O) groups excluding carboxylic acids is 1. The van der Waals surface area contributed by atoms with Crippen LogP contribution < -0.4 is 10.6 Å². The predicted molar refractivity (Wildman–Crippen MR) is 117 cm³/mol. The SMILES string of the molecule is CC(CC(=O)NC1CCCN(Cc2c(F)cccc2F)C1)C1CCCNC1.Cl.Cl. The van der Waals surface area contributed by atoms with Gasteiger partial charge in [-0.25, -0.2) is 8.78 Å². The number of halogens is 4. The molecule has 29 heavy (non-hydrogen) atoms. The highest BCUT2D eigenvalue weighted by molar-refractivity contribution is 5.85. The van der Waals surface area contributed by atoms with E-state index in [1.165, 1.54) is 31.0 Å². The molecule has 1 aromatic carbocycles. The summed E-state index contributed by atoms with van der Waals surface area (Å²) in [7, 11) is 0. The largest absolute Gasteiger partial charge is 0.352 e. The zero-order chi connectivity index (χ0) is 19.2. The summed E-state index contributed by atoms with van der Waals surface area (Å²) in [6, 6.07) is 4.03. The topological polar surface area (TPSA) is 44.4 Å². The Morgan fingerprint density at radius 1 is 1.24 bits per heavy atom. The predicted octanol–water partition coefficient (Wildman–Crippen LogP) is 3.91. The number of benzene rings is 1. The van der Waals surface area contributed by atoms with E-state index in [0.29, 0.717) is 24.8 Å². The van der Waals surface area contributed by atoms with Gasteiger partial charge in [-0.15, -0.1) is 24.8 Å². The molecular formula is C21H33Cl2F2N3O. The molecule has 0 aromatic heterocycles. The third-order valence-corrected chi connectivity index (χ3v) is 5.96. The molecule has 2 saturated heterocycles. The van der Waals surface area contributed by atoms with Crippen molar-refractivity contribution in [2.45, 2.75) is 51.6 Å². The molecule has 3 unspecified atom stereocenters. The first-order valence-electron chi connectivity index (χ1n) is 10.2. The van der Waals surface area contributed by atoms with E-state index < -0.39 is 11.6 Å². The maximum Gasteiger partial charge on any atom is 0.220 e. The summed E-state index contributed by atoms with van der Waals surface area (Å²) in [5.41, 5.74) is 0.114. The van der Waals surface area contributed by atoms with Crippen LogP contribution in [-0.4, -0.2) is 43.0 Å². The second kappa shape index (κ2) is 12.7. The Morgan fingerprint density at radius 2 is 1.97 bits per heavy atom. The number of piperidine rings is 2. The van der Waals surface area contributed by atoms with Gasteiger partial charge in [0.05, 0.1) is 0 Å². The molecule has 8 heteroatoms. The maximum atomic E-state index is 13.9. The number of amides is 1. The first-order chi connectivity index (χ1) is 13.0. The van der Waals surface area contributed by atoms with Crippen LogP contribution in [0.15, 0.2) is 18.2 Å². The van der Waals surface area contributed by atoms with E-state index in [1.807, 2.05) is 4.90 Å². The van der Waals surface area contributed by atoms with E-state index in [0.717, 1.165) is 32.5 Å². The van der Waals surface area contributed by atoms with Gasteiger partial charge in [-0.05, 0) is 69.3 Å². The van der Waals surface area contributed by atoms with Crippen LogP contribution in [0.1, 0.15) is 44.6 Å². The van der Waals surface area contributed by atoms with E-state index in [2.05, 4.69) is 17.6 Å². The highest BCUT2D eigenvalue weighted by Gasteiger charge is 2.26. The molecule has 4 nitrogen and oxygen atoms in total. The number of hydrogen-bond acceptors (Lipinski definition) is 3. The van der Waals surface area contributed by atoms with Gasteiger partial charge in [0, 0.05) is 31.1 Å². The molecule has 3 atom stereocenters. The molecule has 0 aliphatic carbocycles. The summed E-state index contributed by atoms with van der Waals surface area (Å²) in [6.45, 7) is 5.92. The van der Waals surface area contributed by atoms with E-state index in [9.17, 15) is 13.6 Å². The van der Waals surface area contributed by atoms with Gasteiger partial charge in [0.1, 0.15) is 11.6 Å². The van der Waals surface area contributed by atoms with E-state index in [4.69, 9.17) is 0 Å². The molecular weight excluding hydrogens is 419 g/mol. The minimum absolute atomic E-state index is 0. The highest BCUT2D eigenvalue weighted by atomic mass is 35.5. The lowest BCUT2D eigenvalue weighted by molar-refractivity contribution is -0.123. The third kappa shape index (κ3) is 7.67. The van der Waals surface area contributed by atoms with Crippen molar-refractivity contribution < 1.29 is 13.6 Å². The normalized spacial score (nSPS) is 23.4. The smallest absolute Gasteiger partial charge is 0.220 e. The minimum Gasteiger partial charge on any atom is -0.352 e. The van der Waals surface area contributed by atoms with E-state index in [-0.39, 0.29) is 48.9 Å². The first kappa shape index (κ1) is 26.1. The van der Waals surface area contributed by atoms with Crippen molar-refractivity contribution in [1.29, 1.82) is 0 Å². The fourth-order valence-electron chi connectivity index (χ4n) is 4.33. The average Bonchev–Trinajstić information content (AvgIpc) is 2.66. The summed E-state index contributed by atoms with van der Waals surface area (Å²) in [5, 5.41) is 6.55. The number of hydrogen-bond donors (Lipinski definition) is 2. The van der Waals surface area contributed by atoms with Crippen molar-refractivity contribution in [3.05, 3.63) is 35.4 Å². The highest BCUT2D eigenvalue weighted by Crippen LogP contribution is 2.23. The molecule has 0 radical (unpaired) electrons. The summed E-state index contributed by atoms with van der Waals surface area (Å²) >= 11 is 0. The summed E-state index contributed by atoms with van der Waals surface area (Å²) in [5.74, 6) is 0.0190. The zero-order valence-electron chi connectivity index (χ0n) is 17.0. The molecule has 3 rings (SSSR count). The Bertz CT molecular complexity index is 624. The minimum atomic E-state index is -0.504. The van der Waals surface area contributed by atoms with Crippen LogP contribution in [0.5, 0.6) is 0 Å². The van der Waals surface area contributed by atoms with Crippen molar-refractivity contribution in [3.63, 3.8) is 0 Å². The maximum absolute atomic E-state index is 13.9. The number of nitrogens with zero attached hydrogens (tertiary/aromatic N) is 1. The molecule has 2 fully saturated rings. The fraction of sp³-hybridized carbons (Fsp3) is 0.667. The average molecular weight is 452 g/mol. The fourth-order valence-corrected chi connectivity index (χ4v) is 4.33. The van der Waals surface area contributed by atoms with Crippen LogP contribution in [0.2, 0.25) is 0 Å². The number of nitrogens with one attached hydrogen (secondary N) is 2. The Kier molecular flexibility index (Phi) is 11.4. The van der Waals surface area contributed by atoms with Gasteiger partial charge in [-0.1, -0.05) is 13.0 Å². The lowest BCUT2D eigenvalue weighted by Crippen LogP contribution is -2.48. The first-order valence-corrected chi connectivity index (χ1v) is 10.2. The Balaban J connectivity index is 0.00000210. The molecule has 0 bridgehead atoms. The standard InChI is InChI=1S/C21H31F2N3O.2ClH/c1-15(16-5-3-9-24-12-16)11-21(27)25-17-6-4-10-26(13-17)14-18-19(22)7-2-8-20(18)23;;/h2,7-8,15-17,24H,3-6,9-14H2,1H3,(H,25,27);2*1H. The molecule has 1 amide bonds. The van der Waals surface area contributed by atoms with E-state index in [1.54, 1.807) is 0 Å².